The molecule has 53 heavy (non-hydrogen) atoms. The summed E-state index contributed by atoms with van der Waals surface area (Å²) in [6.45, 7) is -0.138. The van der Waals surface area contributed by atoms with Crippen LogP contribution >= 0.6 is 0 Å². The Morgan fingerprint density at radius 1 is 0.585 bits per heavy atom. The summed E-state index contributed by atoms with van der Waals surface area (Å²) in [5.41, 5.74) is 11.1. The SMILES string of the molecule is Oc1ccccc1-c1nc2c(n1-c1ccccc1)B(c1ccccc1)c1ccccc1N2c1cccc(-n2[c-][n+](-c3ccccc3)c3ccccc32)c1. The predicted molar refractivity (Wildman–Crippen MR) is 214 cm³/mol. The van der Waals surface area contributed by atoms with Crippen LogP contribution in [0.15, 0.2) is 188 Å². The highest BCUT2D eigenvalue weighted by molar-refractivity contribution is 6.97. The summed E-state index contributed by atoms with van der Waals surface area (Å²) in [6, 6.07) is 64.4. The molecule has 0 aliphatic carbocycles. The van der Waals surface area contributed by atoms with Gasteiger partial charge in [-0.2, -0.15) is 0 Å². The summed E-state index contributed by atoms with van der Waals surface area (Å²) in [5.74, 6) is 1.65. The molecule has 1 N–H and O–H groups in total. The van der Waals surface area contributed by atoms with Crippen LogP contribution in [0.4, 0.5) is 17.2 Å². The van der Waals surface area contributed by atoms with Crippen molar-refractivity contribution < 1.29 is 9.67 Å². The molecular weight excluding hydrogens is 649 g/mol. The van der Waals surface area contributed by atoms with Gasteiger partial charge in [-0.05, 0) is 66.1 Å². The van der Waals surface area contributed by atoms with E-state index in [-0.39, 0.29) is 12.5 Å². The van der Waals surface area contributed by atoms with Gasteiger partial charge < -0.3 is 9.67 Å². The number of fused-ring (bicyclic) bond motifs is 3. The van der Waals surface area contributed by atoms with Crippen LogP contribution in [0.1, 0.15) is 0 Å². The second-order valence-corrected chi connectivity index (χ2v) is 13.2. The fraction of sp³-hybridized carbons (Fsp3) is 0. The Hall–Kier alpha value is -7.12. The molecule has 6 nitrogen and oxygen atoms in total. The molecule has 0 saturated heterocycles. The monoisotopic (exact) mass is 681 g/mol. The van der Waals surface area contributed by atoms with Gasteiger partial charge in [-0.25, -0.2) is 4.98 Å². The van der Waals surface area contributed by atoms with E-state index in [0.717, 1.165) is 61.8 Å². The van der Waals surface area contributed by atoms with Gasteiger partial charge in [-0.15, -0.1) is 0 Å². The third kappa shape index (κ3) is 5.05. The van der Waals surface area contributed by atoms with Crippen molar-refractivity contribution >= 4 is 51.5 Å². The minimum Gasteiger partial charge on any atom is -0.507 e. The number of benzene rings is 7. The van der Waals surface area contributed by atoms with E-state index in [0.29, 0.717) is 11.4 Å². The van der Waals surface area contributed by atoms with Gasteiger partial charge in [0.1, 0.15) is 11.6 Å². The Morgan fingerprint density at radius 3 is 2.04 bits per heavy atom. The highest BCUT2D eigenvalue weighted by atomic mass is 16.3. The van der Waals surface area contributed by atoms with Crippen LogP contribution in [-0.2, 0) is 0 Å². The molecule has 0 saturated carbocycles. The highest BCUT2D eigenvalue weighted by Gasteiger charge is 2.41. The van der Waals surface area contributed by atoms with Crippen molar-refractivity contribution in [3.8, 4) is 34.2 Å². The summed E-state index contributed by atoms with van der Waals surface area (Å²) in [4.78, 5) is 7.77. The Balaban J connectivity index is 1.24. The zero-order valence-corrected chi connectivity index (χ0v) is 28.7. The molecule has 2 aromatic heterocycles. The molecular formula is C46H32BN5O. The third-order valence-corrected chi connectivity index (χ3v) is 10.1. The molecule has 1 aliphatic heterocycles. The van der Waals surface area contributed by atoms with Crippen molar-refractivity contribution in [2.75, 3.05) is 4.90 Å². The lowest BCUT2D eigenvalue weighted by Crippen LogP contribution is -2.59. The number of hydrogen-bond donors (Lipinski definition) is 1. The minimum atomic E-state index is -0.138. The maximum Gasteiger partial charge on any atom is 0.270 e. The predicted octanol–water partition coefficient (Wildman–Crippen LogP) is 7.57. The number of aromatic nitrogens is 4. The van der Waals surface area contributed by atoms with Crippen LogP contribution in [0.2, 0.25) is 0 Å². The second-order valence-electron chi connectivity index (χ2n) is 13.2. The van der Waals surface area contributed by atoms with Crippen molar-refractivity contribution in [1.82, 2.24) is 14.1 Å². The van der Waals surface area contributed by atoms with Crippen LogP contribution in [0.25, 0.3) is 39.5 Å². The van der Waals surface area contributed by atoms with Crippen molar-refractivity contribution in [3.63, 3.8) is 0 Å². The second kappa shape index (κ2) is 12.6. The highest BCUT2D eigenvalue weighted by Crippen LogP contribution is 2.40. The van der Waals surface area contributed by atoms with Gasteiger partial charge in [0.2, 0.25) is 0 Å². The molecule has 10 rings (SSSR count). The maximum absolute atomic E-state index is 11.3. The fourth-order valence-electron chi connectivity index (χ4n) is 7.76. The normalized spacial score (nSPS) is 12.2. The Morgan fingerprint density at radius 2 is 1.23 bits per heavy atom. The molecule has 0 unspecified atom stereocenters. The molecule has 0 spiro atoms. The number of phenols is 1. The molecule has 0 atom stereocenters. The van der Waals surface area contributed by atoms with Gasteiger partial charge in [0, 0.05) is 22.7 Å². The van der Waals surface area contributed by atoms with Crippen molar-refractivity contribution in [3.05, 3.63) is 194 Å². The average Bonchev–Trinajstić information content (AvgIpc) is 3.81. The largest absolute Gasteiger partial charge is 0.507 e. The molecule has 0 radical (unpaired) electrons. The van der Waals surface area contributed by atoms with Crippen LogP contribution in [0, 0.1) is 6.33 Å². The number of aromatic hydroxyl groups is 1. The van der Waals surface area contributed by atoms with Gasteiger partial charge in [-0.3, -0.25) is 14.0 Å². The van der Waals surface area contributed by atoms with E-state index < -0.39 is 0 Å². The molecule has 7 heteroatoms. The van der Waals surface area contributed by atoms with Crippen LogP contribution < -0.4 is 26.0 Å². The number of nitrogens with zero attached hydrogens (tertiary/aromatic N) is 5. The first-order valence-corrected chi connectivity index (χ1v) is 17.8. The Kier molecular flexibility index (Phi) is 7.29. The summed E-state index contributed by atoms with van der Waals surface area (Å²) in [6.07, 6.45) is 3.65. The number of hydrogen-bond acceptors (Lipinski definition) is 3. The smallest absolute Gasteiger partial charge is 0.270 e. The first-order chi connectivity index (χ1) is 26.2. The summed E-state index contributed by atoms with van der Waals surface area (Å²) in [5, 5.41) is 11.3. The lowest BCUT2D eigenvalue weighted by atomic mass is 9.37. The van der Waals surface area contributed by atoms with Crippen molar-refractivity contribution in [2.45, 2.75) is 0 Å². The quantitative estimate of drug-likeness (QED) is 0.112. The Bertz CT molecular complexity index is 2760. The number of para-hydroxylation sites is 6. The minimum absolute atomic E-state index is 0.138. The van der Waals surface area contributed by atoms with Gasteiger partial charge in [-0.1, -0.05) is 133 Å². The molecule has 0 amide bonds. The number of anilines is 3. The topological polar surface area (TPSA) is 50.1 Å². The molecule has 7 aromatic carbocycles. The number of rotatable bonds is 6. The van der Waals surface area contributed by atoms with E-state index >= 15 is 0 Å². The van der Waals surface area contributed by atoms with Crippen LogP contribution in [0.3, 0.4) is 0 Å². The first kappa shape index (κ1) is 30.7. The van der Waals surface area contributed by atoms with Crippen molar-refractivity contribution in [1.29, 1.82) is 0 Å². The lowest BCUT2D eigenvalue weighted by molar-refractivity contribution is -0.572. The molecule has 0 fully saturated rings. The fourth-order valence-corrected chi connectivity index (χ4v) is 7.76. The van der Waals surface area contributed by atoms with Crippen molar-refractivity contribution in [2.24, 2.45) is 0 Å². The van der Waals surface area contributed by atoms with Crippen LogP contribution in [-0.4, -0.2) is 25.9 Å². The van der Waals surface area contributed by atoms with Gasteiger partial charge in [0.15, 0.2) is 5.82 Å². The van der Waals surface area contributed by atoms with E-state index in [2.05, 4.69) is 164 Å². The van der Waals surface area contributed by atoms with Gasteiger partial charge >= 0.3 is 0 Å². The van der Waals surface area contributed by atoms with E-state index in [1.54, 1.807) is 6.07 Å². The first-order valence-electron chi connectivity index (χ1n) is 17.8. The Labute approximate surface area is 307 Å². The zero-order valence-electron chi connectivity index (χ0n) is 28.7. The molecule has 3 heterocycles. The number of phenolic OH excluding ortho intramolecular Hbond substituents is 1. The third-order valence-electron chi connectivity index (χ3n) is 10.1. The standard InChI is InChI=1S/C46H32BN5O/c53-43-30-15-10-25-38(43)45-48-46-44(52(45)35-21-8-3-9-22-35)47(33-17-4-1-5-18-33)39-26-11-12-27-40(39)51(46)37-24-16-23-36(31-37)50-32-49(34-19-6-2-7-20-34)41-28-13-14-29-42(41)50/h1-31,53H. The van der Waals surface area contributed by atoms with E-state index in [1.807, 2.05) is 42.5 Å². The number of imidazole rings is 2. The summed E-state index contributed by atoms with van der Waals surface area (Å²) >= 11 is 0. The average molecular weight is 682 g/mol. The van der Waals surface area contributed by atoms with Gasteiger partial charge in [0.25, 0.3) is 13.0 Å². The zero-order chi connectivity index (χ0) is 35.3. The molecule has 9 aromatic rings. The summed E-state index contributed by atoms with van der Waals surface area (Å²) < 4.78 is 6.47. The lowest BCUT2D eigenvalue weighted by Gasteiger charge is -2.35. The maximum atomic E-state index is 11.3. The van der Waals surface area contributed by atoms with Gasteiger partial charge in [0.05, 0.1) is 28.0 Å². The molecule has 0 bridgehead atoms. The van der Waals surface area contributed by atoms with E-state index in [1.165, 1.54) is 0 Å². The van der Waals surface area contributed by atoms with E-state index in [4.69, 9.17) is 4.98 Å². The molecule has 250 valence electrons. The summed E-state index contributed by atoms with van der Waals surface area (Å²) in [7, 11) is 0. The van der Waals surface area contributed by atoms with Crippen LogP contribution in [0.5, 0.6) is 5.75 Å². The van der Waals surface area contributed by atoms with E-state index in [9.17, 15) is 5.11 Å². The molecule has 1 aliphatic rings.